The lowest BCUT2D eigenvalue weighted by molar-refractivity contribution is -0.134. The molecule has 0 aromatic rings. The average molecular weight is 183 g/mol. The van der Waals surface area contributed by atoms with Crippen molar-refractivity contribution < 1.29 is 14.6 Å². The van der Waals surface area contributed by atoms with Crippen LogP contribution < -0.4 is 0 Å². The summed E-state index contributed by atoms with van der Waals surface area (Å²) < 4.78 is 4.99. The zero-order valence-corrected chi connectivity index (χ0v) is 7.40. The second-order valence-corrected chi connectivity index (χ2v) is 3.52. The van der Waals surface area contributed by atoms with Crippen molar-refractivity contribution in [3.63, 3.8) is 0 Å². The van der Waals surface area contributed by atoms with E-state index < -0.39 is 0 Å². The highest BCUT2D eigenvalue weighted by Gasteiger charge is 2.32. The summed E-state index contributed by atoms with van der Waals surface area (Å²) in [7, 11) is 0. The van der Waals surface area contributed by atoms with Gasteiger partial charge in [0.15, 0.2) is 0 Å². The fourth-order valence-electron chi connectivity index (χ4n) is 1.60. The first kappa shape index (κ1) is 8.56. The van der Waals surface area contributed by atoms with E-state index in [1.807, 2.05) is 0 Å². The normalized spacial score (nSPS) is 22.2. The molecule has 0 aromatic carbocycles. The van der Waals surface area contributed by atoms with Crippen LogP contribution in [0, 0.1) is 5.92 Å². The fourth-order valence-corrected chi connectivity index (χ4v) is 1.60. The SMILES string of the molecule is O=C(C1=COCC1)N1CC(CO)C1. The smallest absolute Gasteiger partial charge is 0.253 e. The van der Waals surface area contributed by atoms with Crippen LogP contribution in [0.15, 0.2) is 11.8 Å². The molecule has 1 saturated heterocycles. The number of carbonyl (C=O) groups is 1. The minimum atomic E-state index is 0.0715. The van der Waals surface area contributed by atoms with Gasteiger partial charge in [0.05, 0.1) is 18.4 Å². The first-order valence-electron chi connectivity index (χ1n) is 4.52. The summed E-state index contributed by atoms with van der Waals surface area (Å²) in [6.45, 7) is 2.18. The van der Waals surface area contributed by atoms with Gasteiger partial charge in [-0.15, -0.1) is 0 Å². The molecule has 0 aliphatic carbocycles. The van der Waals surface area contributed by atoms with Crippen LogP contribution in [0.2, 0.25) is 0 Å². The first-order chi connectivity index (χ1) is 6.31. The van der Waals surface area contributed by atoms with Gasteiger partial charge >= 0.3 is 0 Å². The number of nitrogens with zero attached hydrogens (tertiary/aromatic N) is 1. The lowest BCUT2D eigenvalue weighted by Crippen LogP contribution is -2.51. The van der Waals surface area contributed by atoms with Crippen LogP contribution in [0.4, 0.5) is 0 Å². The molecule has 1 N–H and O–H groups in total. The van der Waals surface area contributed by atoms with Crippen LogP contribution in [0.1, 0.15) is 6.42 Å². The number of amides is 1. The van der Waals surface area contributed by atoms with Crippen LogP contribution in [0.3, 0.4) is 0 Å². The third kappa shape index (κ3) is 1.54. The summed E-state index contributed by atoms with van der Waals surface area (Å²) in [5.74, 6) is 0.356. The Labute approximate surface area is 76.8 Å². The monoisotopic (exact) mass is 183 g/mol. The highest BCUT2D eigenvalue weighted by atomic mass is 16.5. The third-order valence-electron chi connectivity index (χ3n) is 2.49. The molecular weight excluding hydrogens is 170 g/mol. The maximum absolute atomic E-state index is 11.6. The van der Waals surface area contributed by atoms with Gasteiger partial charge in [-0.1, -0.05) is 0 Å². The van der Waals surface area contributed by atoms with Crippen molar-refractivity contribution in [2.24, 2.45) is 5.92 Å². The van der Waals surface area contributed by atoms with Crippen LogP contribution >= 0.6 is 0 Å². The molecule has 0 aromatic heterocycles. The number of hydrogen-bond donors (Lipinski definition) is 1. The summed E-state index contributed by atoms with van der Waals surface area (Å²) >= 11 is 0. The van der Waals surface area contributed by atoms with Gasteiger partial charge < -0.3 is 14.7 Å². The van der Waals surface area contributed by atoms with E-state index in [1.165, 1.54) is 0 Å². The summed E-state index contributed by atoms with van der Waals surface area (Å²) in [5.41, 5.74) is 0.761. The largest absolute Gasteiger partial charge is 0.500 e. The molecule has 1 fully saturated rings. The minimum Gasteiger partial charge on any atom is -0.500 e. The van der Waals surface area contributed by atoms with E-state index in [4.69, 9.17) is 9.84 Å². The van der Waals surface area contributed by atoms with Gasteiger partial charge in [0.2, 0.25) is 0 Å². The summed E-state index contributed by atoms with van der Waals surface area (Å²) in [5, 5.41) is 8.77. The summed E-state index contributed by atoms with van der Waals surface area (Å²) in [6, 6.07) is 0. The molecule has 4 nitrogen and oxygen atoms in total. The highest BCUT2D eigenvalue weighted by molar-refractivity contribution is 5.94. The molecule has 2 aliphatic heterocycles. The Bertz CT molecular complexity index is 243. The third-order valence-corrected chi connectivity index (χ3v) is 2.49. The van der Waals surface area contributed by atoms with Crippen molar-refractivity contribution in [3.8, 4) is 0 Å². The quantitative estimate of drug-likeness (QED) is 0.641. The van der Waals surface area contributed by atoms with Crippen molar-refractivity contribution >= 4 is 5.91 Å². The molecule has 0 radical (unpaired) electrons. The number of ether oxygens (including phenoxy) is 1. The number of rotatable bonds is 2. The van der Waals surface area contributed by atoms with Gasteiger partial charge in [-0.25, -0.2) is 0 Å². The first-order valence-corrected chi connectivity index (χ1v) is 4.52. The Morgan fingerprint density at radius 2 is 2.46 bits per heavy atom. The van der Waals surface area contributed by atoms with Crippen LogP contribution in [0.5, 0.6) is 0 Å². The molecule has 2 aliphatic rings. The highest BCUT2D eigenvalue weighted by Crippen LogP contribution is 2.20. The number of carbonyl (C=O) groups excluding carboxylic acids is 1. The molecule has 13 heavy (non-hydrogen) atoms. The van der Waals surface area contributed by atoms with Gasteiger partial charge in [0, 0.05) is 32.0 Å². The van der Waals surface area contributed by atoms with Crippen LogP contribution in [0.25, 0.3) is 0 Å². The van der Waals surface area contributed by atoms with Crippen molar-refractivity contribution in [2.75, 3.05) is 26.3 Å². The van der Waals surface area contributed by atoms with Crippen molar-refractivity contribution in [1.82, 2.24) is 4.90 Å². The second-order valence-electron chi connectivity index (χ2n) is 3.52. The number of likely N-dealkylation sites (tertiary alicyclic amines) is 1. The Morgan fingerprint density at radius 1 is 1.69 bits per heavy atom. The van der Waals surface area contributed by atoms with Crippen molar-refractivity contribution in [3.05, 3.63) is 11.8 Å². The molecule has 0 bridgehead atoms. The second kappa shape index (κ2) is 3.38. The lowest BCUT2D eigenvalue weighted by atomic mass is 10.00. The van der Waals surface area contributed by atoms with Gasteiger partial charge in [0.25, 0.3) is 5.91 Å². The molecular formula is C9H13NO3. The standard InChI is InChI=1S/C9H13NO3/c11-5-7-3-10(4-7)9(12)8-1-2-13-6-8/h6-7,11H,1-5H2. The predicted octanol–water partition coefficient (Wildman–Crippen LogP) is -0.259. The molecule has 4 heteroatoms. The van der Waals surface area contributed by atoms with E-state index in [0.717, 1.165) is 12.0 Å². The zero-order valence-electron chi connectivity index (χ0n) is 7.40. The van der Waals surface area contributed by atoms with E-state index in [-0.39, 0.29) is 18.4 Å². The maximum atomic E-state index is 11.6. The van der Waals surface area contributed by atoms with E-state index in [2.05, 4.69) is 0 Å². The van der Waals surface area contributed by atoms with Gasteiger partial charge in [0.1, 0.15) is 0 Å². The van der Waals surface area contributed by atoms with Crippen molar-refractivity contribution in [2.45, 2.75) is 6.42 Å². The topological polar surface area (TPSA) is 49.8 Å². The van der Waals surface area contributed by atoms with Gasteiger partial charge in [-0.3, -0.25) is 4.79 Å². The maximum Gasteiger partial charge on any atom is 0.253 e. The summed E-state index contributed by atoms with van der Waals surface area (Å²) in [6.07, 6.45) is 2.27. The minimum absolute atomic E-state index is 0.0715. The molecule has 0 spiro atoms. The Balaban J connectivity index is 1.85. The molecule has 1 amide bonds. The van der Waals surface area contributed by atoms with Crippen LogP contribution in [-0.4, -0.2) is 42.2 Å². The molecule has 2 heterocycles. The molecule has 0 atom stereocenters. The Kier molecular flexibility index (Phi) is 2.22. The van der Waals surface area contributed by atoms with E-state index in [9.17, 15) is 4.79 Å². The number of aliphatic hydroxyl groups is 1. The van der Waals surface area contributed by atoms with Crippen LogP contribution in [-0.2, 0) is 9.53 Å². The molecule has 0 unspecified atom stereocenters. The molecule has 0 saturated carbocycles. The lowest BCUT2D eigenvalue weighted by Gasteiger charge is -2.38. The zero-order chi connectivity index (χ0) is 9.26. The van der Waals surface area contributed by atoms with E-state index in [1.54, 1.807) is 11.2 Å². The Hall–Kier alpha value is -1.03. The molecule has 2 rings (SSSR count). The number of aliphatic hydroxyl groups excluding tert-OH is 1. The number of hydrogen-bond acceptors (Lipinski definition) is 3. The predicted molar refractivity (Wildman–Crippen MR) is 45.8 cm³/mol. The van der Waals surface area contributed by atoms with Gasteiger partial charge in [-0.2, -0.15) is 0 Å². The van der Waals surface area contributed by atoms with E-state index >= 15 is 0 Å². The fraction of sp³-hybridized carbons (Fsp3) is 0.667. The van der Waals surface area contributed by atoms with Crippen molar-refractivity contribution in [1.29, 1.82) is 0 Å². The van der Waals surface area contributed by atoms with Gasteiger partial charge in [-0.05, 0) is 0 Å². The Morgan fingerprint density at radius 3 is 3.00 bits per heavy atom. The average Bonchev–Trinajstić information content (AvgIpc) is 2.53. The van der Waals surface area contributed by atoms with E-state index in [0.29, 0.717) is 19.7 Å². The summed E-state index contributed by atoms with van der Waals surface area (Å²) in [4.78, 5) is 13.3. The molecule has 72 valence electrons.